The number of aromatic carboxylic acids is 1. The van der Waals surface area contributed by atoms with Crippen LogP contribution in [0.25, 0.3) is 0 Å². The highest BCUT2D eigenvalue weighted by atomic mass is 19.1. The van der Waals surface area contributed by atoms with Gasteiger partial charge in [0, 0.05) is 13.1 Å². The van der Waals surface area contributed by atoms with Crippen LogP contribution >= 0.6 is 0 Å². The van der Waals surface area contributed by atoms with E-state index in [9.17, 15) is 14.3 Å². The van der Waals surface area contributed by atoms with Gasteiger partial charge in [0.05, 0.1) is 11.7 Å². The maximum Gasteiger partial charge on any atom is 0.335 e. The molecule has 0 spiro atoms. The van der Waals surface area contributed by atoms with Gasteiger partial charge in [-0.3, -0.25) is 0 Å². The summed E-state index contributed by atoms with van der Waals surface area (Å²) in [6, 6.07) is 24.7. The molecule has 1 aliphatic rings. The van der Waals surface area contributed by atoms with Gasteiger partial charge in [-0.15, -0.1) is 0 Å². The number of halogens is 1. The average Bonchev–Trinajstić information content (AvgIpc) is 2.87. The standard InChI is InChI=1S/C29H32FNO3/c30-25-14-15-27(29(32)33)24(21-25)13-7-8-18-31-19-16-26(17-20-31)34-28(22-9-3-1-4-10-22)23-11-5-2-6-12-23/h1-6,9-12,14-15,21,26,28H,7-8,13,16-20H2,(H,32,33). The van der Waals surface area contributed by atoms with Crippen LogP contribution in [0.15, 0.2) is 78.9 Å². The number of hydrogen-bond donors (Lipinski definition) is 1. The van der Waals surface area contributed by atoms with E-state index < -0.39 is 5.97 Å². The Bertz CT molecular complexity index is 1010. The summed E-state index contributed by atoms with van der Waals surface area (Å²) in [5.74, 6) is -1.38. The number of unbranched alkanes of at least 4 members (excludes halogenated alkanes) is 1. The van der Waals surface area contributed by atoms with E-state index in [0.717, 1.165) is 45.3 Å². The van der Waals surface area contributed by atoms with Gasteiger partial charge in [-0.05, 0) is 73.5 Å². The van der Waals surface area contributed by atoms with Gasteiger partial charge < -0.3 is 14.7 Å². The molecule has 0 radical (unpaired) electrons. The zero-order valence-corrected chi connectivity index (χ0v) is 19.4. The van der Waals surface area contributed by atoms with Crippen molar-refractivity contribution in [3.8, 4) is 0 Å². The lowest BCUT2D eigenvalue weighted by Gasteiger charge is -2.34. The SMILES string of the molecule is O=C(O)c1ccc(F)cc1CCCCN1CCC(OC(c2ccccc2)c2ccccc2)CC1. The van der Waals surface area contributed by atoms with Crippen LogP contribution in [-0.2, 0) is 11.2 Å². The second kappa shape index (κ2) is 11.9. The first-order valence-corrected chi connectivity index (χ1v) is 12.1. The molecule has 0 aromatic heterocycles. The molecule has 5 heteroatoms. The zero-order chi connectivity index (χ0) is 23.8. The maximum absolute atomic E-state index is 13.5. The minimum absolute atomic E-state index is 0.0614. The van der Waals surface area contributed by atoms with E-state index >= 15 is 0 Å². The van der Waals surface area contributed by atoms with Crippen LogP contribution in [0, 0.1) is 5.82 Å². The lowest BCUT2D eigenvalue weighted by Crippen LogP contribution is -2.38. The number of rotatable bonds is 10. The number of carboxylic acids is 1. The number of benzene rings is 3. The molecule has 1 fully saturated rings. The van der Waals surface area contributed by atoms with Gasteiger partial charge in [0.25, 0.3) is 0 Å². The molecule has 4 rings (SSSR count). The first-order chi connectivity index (χ1) is 16.6. The lowest BCUT2D eigenvalue weighted by molar-refractivity contribution is -0.0270. The molecule has 0 aliphatic carbocycles. The molecule has 0 saturated carbocycles. The minimum atomic E-state index is -0.999. The van der Waals surface area contributed by atoms with Gasteiger partial charge in [-0.1, -0.05) is 60.7 Å². The third-order valence-electron chi connectivity index (χ3n) is 6.54. The largest absolute Gasteiger partial charge is 0.478 e. The van der Waals surface area contributed by atoms with Crippen LogP contribution in [-0.4, -0.2) is 41.7 Å². The molecule has 1 N–H and O–H groups in total. The van der Waals surface area contributed by atoms with Crippen molar-refractivity contribution >= 4 is 5.97 Å². The summed E-state index contributed by atoms with van der Waals surface area (Å²) in [4.78, 5) is 13.8. The molecule has 1 heterocycles. The Morgan fingerprint density at radius 1 is 0.941 bits per heavy atom. The molecule has 0 amide bonds. The van der Waals surface area contributed by atoms with Gasteiger partial charge in [0.2, 0.25) is 0 Å². The molecule has 0 atom stereocenters. The summed E-state index contributed by atoms with van der Waals surface area (Å²) in [5.41, 5.74) is 3.13. The van der Waals surface area contributed by atoms with Crippen LogP contribution in [0.1, 0.15) is 58.8 Å². The van der Waals surface area contributed by atoms with Crippen LogP contribution in [0.2, 0.25) is 0 Å². The van der Waals surface area contributed by atoms with E-state index in [2.05, 4.69) is 53.4 Å². The Hall–Kier alpha value is -3.02. The van der Waals surface area contributed by atoms with Crippen LogP contribution in [0.5, 0.6) is 0 Å². The van der Waals surface area contributed by atoms with Gasteiger partial charge in [-0.2, -0.15) is 0 Å². The molecule has 4 nitrogen and oxygen atoms in total. The third kappa shape index (κ3) is 6.52. The predicted molar refractivity (Wildman–Crippen MR) is 132 cm³/mol. The fraction of sp³-hybridized carbons (Fsp3) is 0.345. The molecule has 1 aliphatic heterocycles. The Kier molecular flexibility index (Phi) is 8.45. The summed E-state index contributed by atoms with van der Waals surface area (Å²) < 4.78 is 20.2. The van der Waals surface area contributed by atoms with Crippen molar-refractivity contribution in [2.75, 3.05) is 19.6 Å². The summed E-state index contributed by atoms with van der Waals surface area (Å²) in [7, 11) is 0. The fourth-order valence-electron chi connectivity index (χ4n) is 4.70. The van der Waals surface area contributed by atoms with Crippen molar-refractivity contribution in [1.82, 2.24) is 4.90 Å². The average molecular weight is 462 g/mol. The Balaban J connectivity index is 1.25. The van der Waals surface area contributed by atoms with Crippen molar-refractivity contribution in [1.29, 1.82) is 0 Å². The van der Waals surface area contributed by atoms with Gasteiger partial charge in [-0.25, -0.2) is 9.18 Å². The molecule has 1 saturated heterocycles. The Labute approximate surface area is 201 Å². The van der Waals surface area contributed by atoms with Crippen molar-refractivity contribution in [3.05, 3.63) is 107 Å². The van der Waals surface area contributed by atoms with Crippen molar-refractivity contribution in [3.63, 3.8) is 0 Å². The molecule has 34 heavy (non-hydrogen) atoms. The van der Waals surface area contributed by atoms with Crippen LogP contribution in [0.3, 0.4) is 0 Å². The zero-order valence-electron chi connectivity index (χ0n) is 19.4. The summed E-state index contributed by atoms with van der Waals surface area (Å²) in [6.45, 7) is 2.94. The topological polar surface area (TPSA) is 49.8 Å². The third-order valence-corrected chi connectivity index (χ3v) is 6.54. The van der Waals surface area contributed by atoms with E-state index in [1.54, 1.807) is 0 Å². The van der Waals surface area contributed by atoms with E-state index in [1.165, 1.54) is 29.3 Å². The first-order valence-electron chi connectivity index (χ1n) is 12.1. The highest BCUT2D eigenvalue weighted by molar-refractivity contribution is 5.89. The Morgan fingerprint density at radius 3 is 2.15 bits per heavy atom. The van der Waals surface area contributed by atoms with E-state index in [4.69, 9.17) is 4.74 Å². The quantitative estimate of drug-likeness (QED) is 0.370. The second-order valence-corrected chi connectivity index (χ2v) is 8.94. The number of likely N-dealkylation sites (tertiary alicyclic amines) is 1. The second-order valence-electron chi connectivity index (χ2n) is 8.94. The molecular formula is C29H32FNO3. The van der Waals surface area contributed by atoms with Crippen LogP contribution < -0.4 is 0 Å². The van der Waals surface area contributed by atoms with E-state index in [1.807, 2.05) is 12.1 Å². The number of ether oxygens (including phenoxy) is 1. The number of piperidine rings is 1. The molecule has 3 aromatic rings. The molecule has 178 valence electrons. The first kappa shape index (κ1) is 24.1. The van der Waals surface area contributed by atoms with E-state index in [-0.39, 0.29) is 23.6 Å². The number of aryl methyl sites for hydroxylation is 1. The lowest BCUT2D eigenvalue weighted by atomic mass is 9.99. The summed E-state index contributed by atoms with van der Waals surface area (Å²) in [6.07, 6.45) is 4.50. The van der Waals surface area contributed by atoms with Gasteiger partial charge in [0.15, 0.2) is 0 Å². The minimum Gasteiger partial charge on any atom is -0.478 e. The molecule has 3 aromatic carbocycles. The Morgan fingerprint density at radius 2 is 1.56 bits per heavy atom. The maximum atomic E-state index is 13.5. The molecule has 0 bridgehead atoms. The fourth-order valence-corrected chi connectivity index (χ4v) is 4.70. The predicted octanol–water partition coefficient (Wildman–Crippen LogP) is 6.12. The van der Waals surface area contributed by atoms with Gasteiger partial charge in [0.1, 0.15) is 11.9 Å². The molecular weight excluding hydrogens is 429 g/mol. The highest BCUT2D eigenvalue weighted by Gasteiger charge is 2.24. The van der Waals surface area contributed by atoms with Gasteiger partial charge >= 0.3 is 5.97 Å². The monoisotopic (exact) mass is 461 g/mol. The highest BCUT2D eigenvalue weighted by Crippen LogP contribution is 2.30. The number of carboxylic acid groups (broad SMARTS) is 1. The van der Waals surface area contributed by atoms with E-state index in [0.29, 0.717) is 12.0 Å². The number of carbonyl (C=O) groups is 1. The molecule has 0 unspecified atom stereocenters. The summed E-state index contributed by atoms with van der Waals surface area (Å²) >= 11 is 0. The number of hydrogen-bond acceptors (Lipinski definition) is 3. The smallest absolute Gasteiger partial charge is 0.335 e. The van der Waals surface area contributed by atoms with Crippen LogP contribution in [0.4, 0.5) is 4.39 Å². The van der Waals surface area contributed by atoms with Crippen molar-refractivity contribution < 1.29 is 19.0 Å². The summed E-state index contributed by atoms with van der Waals surface area (Å²) in [5, 5.41) is 9.31. The van der Waals surface area contributed by atoms with Crippen molar-refractivity contribution in [2.45, 2.75) is 44.3 Å². The number of nitrogens with zero attached hydrogens (tertiary/aromatic N) is 1. The normalized spacial score (nSPS) is 15.0. The van der Waals surface area contributed by atoms with Crippen molar-refractivity contribution in [2.24, 2.45) is 0 Å².